The van der Waals surface area contributed by atoms with Crippen LogP contribution in [0, 0.1) is 0 Å². The van der Waals surface area contributed by atoms with Gasteiger partial charge in [0.25, 0.3) is 0 Å². The van der Waals surface area contributed by atoms with Crippen LogP contribution in [-0.4, -0.2) is 39.8 Å². The van der Waals surface area contributed by atoms with Crippen LogP contribution in [-0.2, 0) is 13.0 Å². The lowest BCUT2D eigenvalue weighted by molar-refractivity contribution is 0.199. The fourth-order valence-corrected chi connectivity index (χ4v) is 1.26. The van der Waals surface area contributed by atoms with Gasteiger partial charge in [-0.2, -0.15) is 4.98 Å². The Morgan fingerprint density at radius 3 is 2.93 bits per heavy atom. The van der Waals surface area contributed by atoms with Gasteiger partial charge in [0.2, 0.25) is 5.89 Å². The van der Waals surface area contributed by atoms with Gasteiger partial charge in [0, 0.05) is 19.5 Å². The minimum Gasteiger partial charge on any atom is -0.395 e. The number of nitrogens with zero attached hydrogens (tertiary/aromatic N) is 3. The molecule has 0 amide bonds. The van der Waals surface area contributed by atoms with Crippen LogP contribution in [0.3, 0.4) is 0 Å². The summed E-state index contributed by atoms with van der Waals surface area (Å²) in [6.45, 7) is 7.61. The molecule has 1 heterocycles. The Morgan fingerprint density at radius 2 is 2.40 bits per heavy atom. The Bertz CT molecular complexity index is 299. The molecule has 0 aliphatic carbocycles. The van der Waals surface area contributed by atoms with E-state index in [-0.39, 0.29) is 6.61 Å². The number of aryl methyl sites for hydroxylation is 1. The van der Waals surface area contributed by atoms with Crippen LogP contribution in [0.25, 0.3) is 0 Å². The summed E-state index contributed by atoms with van der Waals surface area (Å²) in [5.41, 5.74) is 0. The second kappa shape index (κ2) is 6.31. The maximum Gasteiger partial charge on any atom is 0.226 e. The third-order valence-electron chi connectivity index (χ3n) is 1.98. The fourth-order valence-electron chi connectivity index (χ4n) is 1.26. The molecule has 1 N–H and O–H groups in total. The van der Waals surface area contributed by atoms with Crippen LogP contribution < -0.4 is 0 Å². The zero-order chi connectivity index (χ0) is 11.1. The highest BCUT2D eigenvalue weighted by Gasteiger charge is 2.09. The summed E-state index contributed by atoms with van der Waals surface area (Å²) in [4.78, 5) is 6.19. The molecule has 0 fully saturated rings. The number of hydrogen-bond donors (Lipinski definition) is 1. The molecule has 0 atom stereocenters. The van der Waals surface area contributed by atoms with Crippen LogP contribution >= 0.6 is 0 Å². The van der Waals surface area contributed by atoms with E-state index in [1.807, 2.05) is 11.8 Å². The Kier molecular flexibility index (Phi) is 5.00. The predicted octanol–water partition coefficient (Wildman–Crippen LogP) is 0.612. The Hall–Kier alpha value is -1.20. The molecule has 1 rings (SSSR count). The zero-order valence-corrected chi connectivity index (χ0v) is 9.02. The van der Waals surface area contributed by atoms with Gasteiger partial charge in [-0.05, 0) is 0 Å². The maximum absolute atomic E-state index is 8.85. The van der Waals surface area contributed by atoms with Crippen molar-refractivity contribution in [3.05, 3.63) is 24.4 Å². The molecular formula is C10H17N3O2. The van der Waals surface area contributed by atoms with Crippen LogP contribution in [0.15, 0.2) is 17.2 Å². The highest BCUT2D eigenvalue weighted by Crippen LogP contribution is 2.02. The van der Waals surface area contributed by atoms with E-state index in [1.165, 1.54) is 0 Å². The molecule has 0 aliphatic heterocycles. The van der Waals surface area contributed by atoms with E-state index < -0.39 is 0 Å². The lowest BCUT2D eigenvalue weighted by atomic mass is 10.4. The lowest BCUT2D eigenvalue weighted by Gasteiger charge is -2.16. The largest absolute Gasteiger partial charge is 0.395 e. The first-order valence-corrected chi connectivity index (χ1v) is 5.05. The van der Waals surface area contributed by atoms with Crippen LogP contribution in [0.5, 0.6) is 0 Å². The van der Waals surface area contributed by atoms with Crippen molar-refractivity contribution in [1.29, 1.82) is 0 Å². The van der Waals surface area contributed by atoms with Crippen LogP contribution in [0.4, 0.5) is 0 Å². The van der Waals surface area contributed by atoms with Gasteiger partial charge in [-0.1, -0.05) is 18.2 Å². The van der Waals surface area contributed by atoms with Gasteiger partial charge in [-0.15, -0.1) is 6.58 Å². The molecule has 0 saturated carbocycles. The summed E-state index contributed by atoms with van der Waals surface area (Å²) in [7, 11) is 0. The minimum absolute atomic E-state index is 0.117. The van der Waals surface area contributed by atoms with Gasteiger partial charge < -0.3 is 9.63 Å². The molecular weight excluding hydrogens is 194 g/mol. The second-order valence-electron chi connectivity index (χ2n) is 3.21. The molecule has 0 spiro atoms. The summed E-state index contributed by atoms with van der Waals surface area (Å²) in [5.74, 6) is 1.30. The van der Waals surface area contributed by atoms with E-state index >= 15 is 0 Å². The molecule has 84 valence electrons. The third-order valence-corrected chi connectivity index (χ3v) is 1.98. The highest BCUT2D eigenvalue weighted by molar-refractivity contribution is 4.87. The molecule has 15 heavy (non-hydrogen) atoms. The van der Waals surface area contributed by atoms with Gasteiger partial charge in [-0.25, -0.2) is 0 Å². The van der Waals surface area contributed by atoms with E-state index in [9.17, 15) is 0 Å². The summed E-state index contributed by atoms with van der Waals surface area (Å²) < 4.78 is 4.99. The number of rotatable bonds is 7. The van der Waals surface area contributed by atoms with Crippen molar-refractivity contribution in [2.75, 3.05) is 19.7 Å². The standard InChI is InChI=1S/C10H17N3O2/c1-3-5-13(6-7-14)8-9-11-10(4-2)15-12-9/h3,14H,1,4-8H2,2H3. The molecule has 0 unspecified atom stereocenters. The minimum atomic E-state index is 0.117. The van der Waals surface area contributed by atoms with Gasteiger partial charge in [0.15, 0.2) is 5.82 Å². The van der Waals surface area contributed by atoms with Crippen molar-refractivity contribution >= 4 is 0 Å². The predicted molar refractivity (Wildman–Crippen MR) is 56.2 cm³/mol. The van der Waals surface area contributed by atoms with Gasteiger partial charge >= 0.3 is 0 Å². The summed E-state index contributed by atoms with van der Waals surface area (Å²) in [5, 5.41) is 12.7. The van der Waals surface area contributed by atoms with Crippen molar-refractivity contribution in [1.82, 2.24) is 15.0 Å². The fraction of sp³-hybridized carbons (Fsp3) is 0.600. The number of aliphatic hydroxyl groups is 1. The smallest absolute Gasteiger partial charge is 0.226 e. The van der Waals surface area contributed by atoms with E-state index in [1.54, 1.807) is 6.08 Å². The first-order chi connectivity index (χ1) is 7.30. The van der Waals surface area contributed by atoms with Crippen LogP contribution in [0.1, 0.15) is 18.6 Å². The summed E-state index contributed by atoms with van der Waals surface area (Å²) in [6, 6.07) is 0. The number of aromatic nitrogens is 2. The van der Waals surface area contributed by atoms with Gasteiger partial charge in [-0.3, -0.25) is 4.90 Å². The third kappa shape index (κ3) is 3.81. The normalized spacial score (nSPS) is 10.9. The molecule has 5 heteroatoms. The first kappa shape index (κ1) is 11.9. The highest BCUT2D eigenvalue weighted by atomic mass is 16.5. The van der Waals surface area contributed by atoms with E-state index in [4.69, 9.17) is 9.63 Å². The van der Waals surface area contributed by atoms with Crippen molar-refractivity contribution in [3.63, 3.8) is 0 Å². The monoisotopic (exact) mass is 211 g/mol. The average molecular weight is 211 g/mol. The van der Waals surface area contributed by atoms with Crippen LogP contribution in [0.2, 0.25) is 0 Å². The zero-order valence-electron chi connectivity index (χ0n) is 9.02. The lowest BCUT2D eigenvalue weighted by Crippen LogP contribution is -2.27. The van der Waals surface area contributed by atoms with Crippen molar-refractivity contribution in [2.45, 2.75) is 19.9 Å². The Morgan fingerprint density at radius 1 is 1.60 bits per heavy atom. The van der Waals surface area contributed by atoms with E-state index in [2.05, 4.69) is 16.7 Å². The molecule has 1 aromatic rings. The molecule has 0 radical (unpaired) electrons. The summed E-state index contributed by atoms with van der Waals surface area (Å²) >= 11 is 0. The number of aliphatic hydroxyl groups excluding tert-OH is 1. The first-order valence-electron chi connectivity index (χ1n) is 5.05. The van der Waals surface area contributed by atoms with Crippen molar-refractivity contribution in [2.24, 2.45) is 0 Å². The average Bonchev–Trinajstić information content (AvgIpc) is 2.66. The van der Waals surface area contributed by atoms with E-state index in [0.29, 0.717) is 31.3 Å². The molecule has 5 nitrogen and oxygen atoms in total. The topological polar surface area (TPSA) is 62.4 Å². The summed E-state index contributed by atoms with van der Waals surface area (Å²) in [6.07, 6.45) is 2.53. The van der Waals surface area contributed by atoms with Gasteiger partial charge in [0.1, 0.15) is 0 Å². The van der Waals surface area contributed by atoms with Gasteiger partial charge in [0.05, 0.1) is 13.2 Å². The SMILES string of the molecule is C=CCN(CCO)Cc1noc(CC)n1. The molecule has 0 saturated heterocycles. The Balaban J connectivity index is 2.52. The molecule has 1 aromatic heterocycles. The molecule has 0 aliphatic rings. The quantitative estimate of drug-likeness (QED) is 0.670. The van der Waals surface area contributed by atoms with Crippen molar-refractivity contribution < 1.29 is 9.63 Å². The second-order valence-corrected chi connectivity index (χ2v) is 3.21. The van der Waals surface area contributed by atoms with E-state index in [0.717, 1.165) is 6.42 Å². The molecule has 0 bridgehead atoms. The number of hydrogen-bond acceptors (Lipinski definition) is 5. The Labute approximate surface area is 89.4 Å². The molecule has 0 aromatic carbocycles. The van der Waals surface area contributed by atoms with Crippen molar-refractivity contribution in [3.8, 4) is 0 Å². The maximum atomic E-state index is 8.85.